The molecule has 3 rings (SSSR count). The number of benzene rings is 1. The summed E-state index contributed by atoms with van der Waals surface area (Å²) < 4.78 is 6.79. The molecule has 3 aromatic rings. The minimum atomic E-state index is -0.135. The molecule has 0 bridgehead atoms. The molecular weight excluding hydrogens is 388 g/mol. The number of hydrogen-bond donors (Lipinski definition) is 2. The van der Waals surface area contributed by atoms with Crippen molar-refractivity contribution >= 4 is 28.7 Å². The molecule has 0 fully saturated rings. The van der Waals surface area contributed by atoms with Crippen molar-refractivity contribution in [2.75, 3.05) is 12.9 Å². The number of thioether (sulfide) groups is 1. The quantitative estimate of drug-likeness (QED) is 0.456. The maximum atomic E-state index is 12.8. The first-order valence-corrected chi connectivity index (χ1v) is 10.5. The number of methoxy groups -OCH3 is 1. The molecule has 0 radical (unpaired) electrons. The van der Waals surface area contributed by atoms with Crippen LogP contribution < -0.4 is 15.6 Å². The van der Waals surface area contributed by atoms with Crippen molar-refractivity contribution in [3.63, 3.8) is 0 Å². The molecule has 8 heteroatoms. The molecule has 1 amide bonds. The molecular formula is C21H26N4O3S. The number of carbonyl (C=O) groups is 1. The Balaban J connectivity index is 1.73. The van der Waals surface area contributed by atoms with Gasteiger partial charge in [0.05, 0.1) is 24.4 Å². The molecule has 0 saturated heterocycles. The van der Waals surface area contributed by atoms with Gasteiger partial charge in [0, 0.05) is 11.7 Å². The highest BCUT2D eigenvalue weighted by atomic mass is 32.2. The summed E-state index contributed by atoms with van der Waals surface area (Å²) in [6, 6.07) is 9.24. The van der Waals surface area contributed by atoms with Crippen LogP contribution in [0.25, 0.3) is 11.0 Å². The van der Waals surface area contributed by atoms with Crippen molar-refractivity contribution in [1.29, 1.82) is 0 Å². The van der Waals surface area contributed by atoms with E-state index in [9.17, 15) is 9.59 Å². The number of fused-ring (bicyclic) bond motifs is 1. The van der Waals surface area contributed by atoms with Crippen LogP contribution in [0.3, 0.4) is 0 Å². The minimum Gasteiger partial charge on any atom is -0.497 e. The molecule has 154 valence electrons. The number of ether oxygens (including phenoxy) is 1. The van der Waals surface area contributed by atoms with Crippen molar-refractivity contribution < 1.29 is 9.53 Å². The van der Waals surface area contributed by atoms with Crippen molar-refractivity contribution in [2.45, 2.75) is 44.9 Å². The number of aromatic amines is 1. The monoisotopic (exact) mass is 414 g/mol. The smallest absolute Gasteiger partial charge is 0.278 e. The lowest BCUT2D eigenvalue weighted by Gasteiger charge is -2.17. The fourth-order valence-corrected chi connectivity index (χ4v) is 4.08. The van der Waals surface area contributed by atoms with E-state index >= 15 is 0 Å². The molecule has 0 aliphatic carbocycles. The molecule has 0 aliphatic rings. The van der Waals surface area contributed by atoms with E-state index < -0.39 is 0 Å². The molecule has 2 aromatic heterocycles. The van der Waals surface area contributed by atoms with E-state index in [-0.39, 0.29) is 29.3 Å². The second-order valence-electron chi connectivity index (χ2n) is 7.23. The van der Waals surface area contributed by atoms with Crippen molar-refractivity contribution in [1.82, 2.24) is 19.9 Å². The normalized spacial score (nSPS) is 12.3. The number of H-pyrrole nitrogens is 1. The van der Waals surface area contributed by atoms with Gasteiger partial charge in [0.25, 0.3) is 5.56 Å². The van der Waals surface area contributed by atoms with Crippen LogP contribution in [-0.4, -0.2) is 33.3 Å². The van der Waals surface area contributed by atoms with Crippen LogP contribution in [0.4, 0.5) is 0 Å². The van der Waals surface area contributed by atoms with E-state index in [1.165, 1.54) is 11.8 Å². The van der Waals surface area contributed by atoms with E-state index in [0.717, 1.165) is 17.0 Å². The molecule has 1 atom stereocenters. The number of aryl methyl sites for hydroxylation is 1. The molecule has 2 N–H and O–H groups in total. The van der Waals surface area contributed by atoms with Gasteiger partial charge in [0.2, 0.25) is 5.91 Å². The Labute approximate surface area is 173 Å². The van der Waals surface area contributed by atoms with Crippen LogP contribution in [0, 0.1) is 6.92 Å². The molecule has 0 saturated carbocycles. The highest BCUT2D eigenvalue weighted by Gasteiger charge is 2.17. The van der Waals surface area contributed by atoms with E-state index in [1.54, 1.807) is 11.7 Å². The van der Waals surface area contributed by atoms with Crippen LogP contribution in [0.2, 0.25) is 0 Å². The van der Waals surface area contributed by atoms with E-state index in [0.29, 0.717) is 16.2 Å². The van der Waals surface area contributed by atoms with Gasteiger partial charge in [0.1, 0.15) is 11.3 Å². The summed E-state index contributed by atoms with van der Waals surface area (Å²) in [7, 11) is 1.62. The zero-order valence-electron chi connectivity index (χ0n) is 17.3. The molecule has 2 heterocycles. The number of nitrogens with one attached hydrogen (secondary N) is 2. The number of rotatable bonds is 7. The largest absolute Gasteiger partial charge is 0.497 e. The van der Waals surface area contributed by atoms with Gasteiger partial charge in [-0.15, -0.1) is 0 Å². The van der Waals surface area contributed by atoms with E-state index in [2.05, 4.69) is 15.3 Å². The first-order chi connectivity index (χ1) is 13.8. The summed E-state index contributed by atoms with van der Waals surface area (Å²) in [5.41, 5.74) is 2.88. The zero-order valence-corrected chi connectivity index (χ0v) is 18.1. The van der Waals surface area contributed by atoms with Crippen molar-refractivity contribution in [2.24, 2.45) is 0 Å². The van der Waals surface area contributed by atoms with Crippen LogP contribution in [-0.2, 0) is 4.79 Å². The average Bonchev–Trinajstić information content (AvgIpc) is 3.06. The molecule has 0 unspecified atom stereocenters. The number of aromatic nitrogens is 3. The third-order valence-corrected chi connectivity index (χ3v) is 5.58. The maximum absolute atomic E-state index is 12.8. The first-order valence-electron chi connectivity index (χ1n) is 9.48. The summed E-state index contributed by atoms with van der Waals surface area (Å²) in [6.07, 6.45) is 0. The Kier molecular flexibility index (Phi) is 6.32. The van der Waals surface area contributed by atoms with E-state index in [4.69, 9.17) is 4.74 Å². The Hall–Kier alpha value is -2.74. The van der Waals surface area contributed by atoms with Gasteiger partial charge in [-0.25, -0.2) is 4.98 Å². The van der Waals surface area contributed by atoms with Crippen molar-refractivity contribution in [3.05, 3.63) is 51.9 Å². The lowest BCUT2D eigenvalue weighted by Crippen LogP contribution is -2.29. The lowest BCUT2D eigenvalue weighted by atomic mass is 10.1. The Morgan fingerprint density at radius 3 is 2.59 bits per heavy atom. The predicted molar refractivity (Wildman–Crippen MR) is 116 cm³/mol. The summed E-state index contributed by atoms with van der Waals surface area (Å²) in [5, 5.41) is 3.53. The Morgan fingerprint density at radius 1 is 1.28 bits per heavy atom. The van der Waals surface area contributed by atoms with E-state index in [1.807, 2.05) is 58.0 Å². The average molecular weight is 415 g/mol. The summed E-state index contributed by atoms with van der Waals surface area (Å²) in [4.78, 5) is 33.0. The van der Waals surface area contributed by atoms with Crippen LogP contribution >= 0.6 is 11.8 Å². The van der Waals surface area contributed by atoms with Gasteiger partial charge in [-0.05, 0) is 51.5 Å². The maximum Gasteiger partial charge on any atom is 0.278 e. The Morgan fingerprint density at radius 2 is 1.97 bits per heavy atom. The van der Waals surface area contributed by atoms with Gasteiger partial charge < -0.3 is 15.0 Å². The number of amides is 1. The second kappa shape index (κ2) is 8.73. The lowest BCUT2D eigenvalue weighted by molar-refractivity contribution is -0.119. The fourth-order valence-electron chi connectivity index (χ4n) is 3.14. The highest BCUT2D eigenvalue weighted by Crippen LogP contribution is 2.22. The summed E-state index contributed by atoms with van der Waals surface area (Å²) >= 11 is 1.27. The van der Waals surface area contributed by atoms with Crippen LogP contribution in [0.15, 0.2) is 40.3 Å². The first kappa shape index (κ1) is 21.0. The Bertz CT molecular complexity index is 1070. The molecule has 7 nitrogen and oxygen atoms in total. The summed E-state index contributed by atoms with van der Waals surface area (Å²) in [5.74, 6) is 0.832. The van der Waals surface area contributed by atoms with Crippen LogP contribution in [0.5, 0.6) is 5.75 Å². The zero-order chi connectivity index (χ0) is 21.1. The minimum absolute atomic E-state index is 0.0632. The third kappa shape index (κ3) is 4.64. The number of nitrogens with zero attached hydrogens (tertiary/aromatic N) is 2. The third-order valence-electron chi connectivity index (χ3n) is 4.63. The predicted octanol–water partition coefficient (Wildman–Crippen LogP) is 3.59. The van der Waals surface area contributed by atoms with Gasteiger partial charge in [-0.1, -0.05) is 23.9 Å². The molecule has 29 heavy (non-hydrogen) atoms. The summed E-state index contributed by atoms with van der Waals surface area (Å²) in [6.45, 7) is 7.68. The van der Waals surface area contributed by atoms with Gasteiger partial charge in [-0.2, -0.15) is 0 Å². The fraction of sp³-hybridized carbons (Fsp3) is 0.381. The highest BCUT2D eigenvalue weighted by molar-refractivity contribution is 7.99. The standard InChI is InChI=1S/C21H26N4O3S/c1-12(2)25-20(27)19-17(10-13(3)22-19)24-21(25)29-11-18(26)23-14(4)15-6-8-16(28-5)9-7-15/h6-10,12,14,22H,11H2,1-5H3,(H,23,26)/t14-/m1/s1. The second-order valence-corrected chi connectivity index (χ2v) is 8.17. The SMILES string of the molecule is COc1ccc([C@@H](C)NC(=O)CSc2nc3cc(C)[nH]c3c(=O)n2C(C)C)cc1. The van der Waals surface area contributed by atoms with Gasteiger partial charge in [-0.3, -0.25) is 14.2 Å². The van der Waals surface area contributed by atoms with Crippen LogP contribution in [0.1, 0.15) is 44.1 Å². The molecule has 0 spiro atoms. The van der Waals surface area contributed by atoms with Crippen molar-refractivity contribution in [3.8, 4) is 5.75 Å². The molecule has 1 aromatic carbocycles. The number of hydrogen-bond acceptors (Lipinski definition) is 5. The van der Waals surface area contributed by atoms with Gasteiger partial charge >= 0.3 is 0 Å². The number of carbonyl (C=O) groups excluding carboxylic acids is 1. The molecule has 0 aliphatic heterocycles. The van der Waals surface area contributed by atoms with Gasteiger partial charge in [0.15, 0.2) is 5.16 Å². The topological polar surface area (TPSA) is 89.0 Å².